The van der Waals surface area contributed by atoms with Crippen LogP contribution in [0.2, 0.25) is 0 Å². The zero-order valence-electron chi connectivity index (χ0n) is 16.1. The van der Waals surface area contributed by atoms with Crippen LogP contribution in [0, 0.1) is 0 Å². The second-order valence-corrected chi connectivity index (χ2v) is 7.58. The molecule has 0 aromatic heterocycles. The highest BCUT2D eigenvalue weighted by Gasteiger charge is 2.52. The number of nitrogens with zero attached hydrogens (tertiary/aromatic N) is 1. The molecule has 2 N–H and O–H groups in total. The van der Waals surface area contributed by atoms with Crippen molar-refractivity contribution in [2.45, 2.75) is 43.0 Å². The van der Waals surface area contributed by atoms with Crippen molar-refractivity contribution < 1.29 is 48.0 Å². The van der Waals surface area contributed by atoms with Gasteiger partial charge < -0.3 is 28.4 Å². The molecule has 29 heavy (non-hydrogen) atoms. The molecule has 3 aliphatic heterocycles. The normalized spacial score (nSPS) is 38.3. The summed E-state index contributed by atoms with van der Waals surface area (Å²) in [7, 11) is 0. The molecule has 0 amide bonds. The smallest absolute Gasteiger partial charge is 0.215 e. The molecule has 0 aromatic carbocycles. The number of rotatable bonds is 16. The van der Waals surface area contributed by atoms with E-state index in [9.17, 15) is 0 Å². The van der Waals surface area contributed by atoms with Crippen LogP contribution in [0.15, 0.2) is 24.2 Å². The Morgan fingerprint density at radius 3 is 2.48 bits per heavy atom. The molecule has 3 heterocycles. The molecular weight excluding hydrogens is 388 g/mol. The first-order valence-corrected chi connectivity index (χ1v) is 9.93. The standard InChI is InChI=1S/C18H27N2O9/c19-20(27-3-1-2-21-6-12-7-22-12,28-17-4-15(17)25-10-13-8-23-13)29-18-5-16(18)26-11-14-9-24-14/h1,3-4,12-14,16-18H,2,5-11,19H2/q+1/b3-1+. The van der Waals surface area contributed by atoms with E-state index in [1.807, 2.05) is 0 Å². The average Bonchev–Trinajstić information content (AvgIpc) is 3.47. The van der Waals surface area contributed by atoms with Crippen LogP contribution in [0.3, 0.4) is 0 Å². The first-order chi connectivity index (χ1) is 14.2. The van der Waals surface area contributed by atoms with E-state index >= 15 is 0 Å². The van der Waals surface area contributed by atoms with Gasteiger partial charge in [0.2, 0.25) is 11.2 Å². The van der Waals surface area contributed by atoms with Crippen LogP contribution in [-0.4, -0.2) is 88.0 Å². The van der Waals surface area contributed by atoms with Gasteiger partial charge in [0.25, 0.3) is 0 Å². The predicted molar refractivity (Wildman–Crippen MR) is 92.8 cm³/mol. The van der Waals surface area contributed by atoms with E-state index in [2.05, 4.69) is 0 Å². The summed E-state index contributed by atoms with van der Waals surface area (Å²) in [5.41, 5.74) is 0. The van der Waals surface area contributed by atoms with Crippen LogP contribution in [0.25, 0.3) is 0 Å². The van der Waals surface area contributed by atoms with E-state index < -0.39 is 11.2 Å². The van der Waals surface area contributed by atoms with Gasteiger partial charge in [-0.05, 0) is 12.2 Å². The van der Waals surface area contributed by atoms with Crippen molar-refractivity contribution in [3.63, 3.8) is 0 Å². The van der Waals surface area contributed by atoms with E-state index in [0.29, 0.717) is 38.6 Å². The van der Waals surface area contributed by atoms with Crippen molar-refractivity contribution in [2.24, 2.45) is 5.84 Å². The zero-order chi connectivity index (χ0) is 19.7. The van der Waals surface area contributed by atoms with E-state index in [1.165, 1.54) is 6.26 Å². The highest BCUT2D eigenvalue weighted by atomic mass is 17.2. The fourth-order valence-corrected chi connectivity index (χ4v) is 2.52. The molecule has 0 radical (unpaired) electrons. The lowest BCUT2D eigenvalue weighted by molar-refractivity contribution is -1.37. The van der Waals surface area contributed by atoms with Gasteiger partial charge in [-0.25, -0.2) is 4.84 Å². The van der Waals surface area contributed by atoms with Gasteiger partial charge in [-0.1, -0.05) is 15.5 Å². The molecule has 0 aromatic rings. The highest BCUT2D eigenvalue weighted by molar-refractivity contribution is 5.25. The fraction of sp³-hybridized carbons (Fsp3) is 0.778. The largest absolute Gasteiger partial charge is 0.492 e. The van der Waals surface area contributed by atoms with Crippen LogP contribution < -0.4 is 5.84 Å². The van der Waals surface area contributed by atoms with Gasteiger partial charge >= 0.3 is 0 Å². The van der Waals surface area contributed by atoms with E-state index in [-0.39, 0.29) is 30.5 Å². The first kappa shape index (κ1) is 19.7. The Morgan fingerprint density at radius 2 is 1.72 bits per heavy atom. The van der Waals surface area contributed by atoms with Crippen molar-refractivity contribution in [3.05, 3.63) is 24.2 Å². The van der Waals surface area contributed by atoms with Crippen LogP contribution >= 0.6 is 0 Å². The Labute approximate surface area is 168 Å². The molecule has 1 saturated carbocycles. The third-order valence-corrected chi connectivity index (χ3v) is 4.67. The van der Waals surface area contributed by atoms with E-state index in [4.69, 9.17) is 48.8 Å². The number of epoxide rings is 3. The lowest BCUT2D eigenvalue weighted by Gasteiger charge is -2.22. The van der Waals surface area contributed by atoms with Gasteiger partial charge in [0.15, 0.2) is 12.4 Å². The number of hydrogen-bond donors (Lipinski definition) is 1. The summed E-state index contributed by atoms with van der Waals surface area (Å²) < 4.78 is 32.0. The summed E-state index contributed by atoms with van der Waals surface area (Å²) in [6, 6.07) is 0. The Balaban J connectivity index is 1.06. The van der Waals surface area contributed by atoms with Crippen LogP contribution in [0.5, 0.6) is 0 Å². The van der Waals surface area contributed by atoms with Crippen LogP contribution in [-0.2, 0) is 42.9 Å². The summed E-state index contributed by atoms with van der Waals surface area (Å²) in [5, 5.41) is -0.999. The molecule has 0 spiro atoms. The number of nitrogens with two attached hydrogens (primary N) is 1. The maximum atomic E-state index is 6.18. The maximum Gasteiger partial charge on any atom is 0.215 e. The Hall–Kier alpha value is -1.28. The third-order valence-electron chi connectivity index (χ3n) is 4.67. The van der Waals surface area contributed by atoms with Gasteiger partial charge in [-0.15, -0.1) is 0 Å². The topological polar surface area (TPSA) is 119 Å². The minimum absolute atomic E-state index is 0.0480. The monoisotopic (exact) mass is 415 g/mol. The molecule has 0 bridgehead atoms. The van der Waals surface area contributed by atoms with Crippen molar-refractivity contribution in [1.82, 2.24) is 0 Å². The second kappa shape index (κ2) is 8.46. The minimum atomic E-state index is -0.999. The molecule has 3 saturated heterocycles. The highest BCUT2D eigenvalue weighted by Crippen LogP contribution is 2.35. The summed E-state index contributed by atoms with van der Waals surface area (Å²) >= 11 is 0. The van der Waals surface area contributed by atoms with E-state index in [1.54, 1.807) is 12.2 Å². The van der Waals surface area contributed by atoms with Crippen LogP contribution in [0.4, 0.5) is 0 Å². The molecule has 7 unspecified atom stereocenters. The van der Waals surface area contributed by atoms with Crippen LogP contribution in [0.1, 0.15) is 6.42 Å². The molecule has 5 rings (SSSR count). The number of hydrogen-bond acceptors (Lipinski definition) is 10. The SMILES string of the molecule is N[N+](O/C=C/COCC1CO1)(OC1C=C1OCC1CO1)OC1CC1OCC1CO1. The average molecular weight is 415 g/mol. The Morgan fingerprint density at radius 1 is 1.00 bits per heavy atom. The van der Waals surface area contributed by atoms with Crippen molar-refractivity contribution in [1.29, 1.82) is 0 Å². The summed E-state index contributed by atoms with van der Waals surface area (Å²) in [5.74, 6) is 6.87. The Kier molecular flexibility index (Phi) is 5.74. The van der Waals surface area contributed by atoms with Gasteiger partial charge in [0.05, 0.1) is 45.7 Å². The van der Waals surface area contributed by atoms with Gasteiger partial charge in [-0.2, -0.15) is 0 Å². The van der Waals surface area contributed by atoms with E-state index in [0.717, 1.165) is 19.8 Å². The molecular formula is C18H27N2O9+. The molecule has 5 aliphatic rings. The van der Waals surface area contributed by atoms with Crippen molar-refractivity contribution in [3.8, 4) is 0 Å². The zero-order valence-corrected chi connectivity index (χ0v) is 16.1. The lowest BCUT2D eigenvalue weighted by atomic mass is 10.5. The molecule has 2 aliphatic carbocycles. The summed E-state index contributed by atoms with van der Waals surface area (Å²) in [6.45, 7) is 4.23. The summed E-state index contributed by atoms with van der Waals surface area (Å²) in [6.07, 6.45) is 5.50. The summed E-state index contributed by atoms with van der Waals surface area (Å²) in [4.78, 5) is 17.0. The third kappa shape index (κ3) is 6.60. The molecule has 11 heteroatoms. The van der Waals surface area contributed by atoms with Crippen molar-refractivity contribution >= 4 is 0 Å². The maximum absolute atomic E-state index is 6.18. The quantitative estimate of drug-likeness (QED) is 0.0894. The lowest BCUT2D eigenvalue weighted by Crippen LogP contribution is -2.54. The van der Waals surface area contributed by atoms with Gasteiger partial charge in [0.1, 0.15) is 30.7 Å². The van der Waals surface area contributed by atoms with Gasteiger partial charge in [-0.3, -0.25) is 0 Å². The molecule has 162 valence electrons. The first-order valence-electron chi connectivity index (χ1n) is 9.93. The predicted octanol–water partition coefficient (Wildman–Crippen LogP) is -0.361. The van der Waals surface area contributed by atoms with Crippen molar-refractivity contribution in [2.75, 3.05) is 46.2 Å². The minimum Gasteiger partial charge on any atom is -0.492 e. The van der Waals surface area contributed by atoms with Gasteiger partial charge in [0, 0.05) is 6.42 Å². The number of ether oxygens (including phenoxy) is 6. The molecule has 11 nitrogen and oxygen atoms in total. The molecule has 4 fully saturated rings. The number of quaternary nitrogens is 1. The fourth-order valence-electron chi connectivity index (χ4n) is 2.52. The second-order valence-electron chi connectivity index (χ2n) is 7.58. The Bertz CT molecular complexity index is 629. The molecule has 7 atom stereocenters.